The maximum absolute atomic E-state index is 10.9. The van der Waals surface area contributed by atoms with Gasteiger partial charge in [-0.2, -0.15) is 5.10 Å². The Morgan fingerprint density at radius 2 is 2.26 bits per heavy atom. The lowest BCUT2D eigenvalue weighted by molar-refractivity contribution is -0.00749. The molecule has 27 heavy (non-hydrogen) atoms. The summed E-state index contributed by atoms with van der Waals surface area (Å²) in [6.45, 7) is 5.07. The zero-order valence-electron chi connectivity index (χ0n) is 16.0. The van der Waals surface area contributed by atoms with E-state index in [9.17, 15) is 10.1 Å². The fraction of sp³-hybridized carbons (Fsp3) is 0.600. The fourth-order valence-corrected chi connectivity index (χ4v) is 5.87. The normalized spacial score (nSPS) is 32.7. The summed E-state index contributed by atoms with van der Waals surface area (Å²) in [7, 11) is -0.755. The second kappa shape index (κ2) is 6.07. The van der Waals surface area contributed by atoms with E-state index in [-0.39, 0.29) is 0 Å². The van der Waals surface area contributed by atoms with E-state index in [1.165, 1.54) is 0 Å². The zero-order chi connectivity index (χ0) is 18.8. The largest absolute Gasteiger partial charge is 0.468 e. The average molecular weight is 366 g/mol. The SMILES string of the molecule is CCCN1N=C([C@H]2C(C)C[C@]3(O)CC[C@H]2C3)c2c(cnc3[nH]ccc23)B1O. The molecule has 2 aliphatic carbocycles. The monoisotopic (exact) mass is 366 g/mol. The second-order valence-electron chi connectivity index (χ2n) is 8.78. The van der Waals surface area contributed by atoms with Gasteiger partial charge in [0.15, 0.2) is 0 Å². The molecule has 0 saturated heterocycles. The molecule has 7 heteroatoms. The third-order valence-corrected chi connectivity index (χ3v) is 6.88. The van der Waals surface area contributed by atoms with Crippen LogP contribution in [0.5, 0.6) is 0 Å². The summed E-state index contributed by atoms with van der Waals surface area (Å²) in [5.41, 5.74) is 3.34. The highest BCUT2D eigenvalue weighted by molar-refractivity contribution is 6.66. The first-order chi connectivity index (χ1) is 13.0. The molecule has 142 valence electrons. The number of hydrazone groups is 1. The quantitative estimate of drug-likeness (QED) is 0.724. The van der Waals surface area contributed by atoms with Crippen molar-refractivity contribution in [1.82, 2.24) is 14.9 Å². The van der Waals surface area contributed by atoms with E-state index in [1.807, 2.05) is 17.2 Å². The molecule has 4 atom stereocenters. The van der Waals surface area contributed by atoms with Crippen LogP contribution in [-0.2, 0) is 0 Å². The van der Waals surface area contributed by atoms with E-state index in [1.54, 1.807) is 6.20 Å². The van der Waals surface area contributed by atoms with Gasteiger partial charge in [0.25, 0.3) is 0 Å². The van der Waals surface area contributed by atoms with E-state index >= 15 is 0 Å². The summed E-state index contributed by atoms with van der Waals surface area (Å²) in [5.74, 6) is 1.12. The summed E-state index contributed by atoms with van der Waals surface area (Å²) in [6.07, 6.45) is 8.28. The average Bonchev–Trinajstić information content (AvgIpc) is 3.22. The Balaban J connectivity index is 1.68. The van der Waals surface area contributed by atoms with Gasteiger partial charge in [-0.15, -0.1) is 0 Å². The van der Waals surface area contributed by atoms with Gasteiger partial charge in [-0.3, -0.25) is 0 Å². The van der Waals surface area contributed by atoms with Crippen molar-refractivity contribution in [2.24, 2.45) is 22.9 Å². The highest BCUT2D eigenvalue weighted by Gasteiger charge is 2.51. The molecule has 2 fully saturated rings. The third kappa shape index (κ3) is 2.55. The number of pyridine rings is 1. The minimum atomic E-state index is -0.755. The molecule has 2 aromatic rings. The van der Waals surface area contributed by atoms with Crippen molar-refractivity contribution in [2.75, 3.05) is 6.54 Å². The van der Waals surface area contributed by atoms with Crippen LogP contribution in [0.1, 0.15) is 51.5 Å². The molecule has 3 N–H and O–H groups in total. The Labute approximate surface area is 159 Å². The Hall–Kier alpha value is -1.86. The van der Waals surface area contributed by atoms with E-state index in [0.717, 1.165) is 59.9 Å². The van der Waals surface area contributed by atoms with Crippen LogP contribution in [0.4, 0.5) is 0 Å². The van der Waals surface area contributed by atoms with Gasteiger partial charge in [0.05, 0.1) is 11.3 Å². The molecule has 0 aromatic carbocycles. The highest BCUT2D eigenvalue weighted by Crippen LogP contribution is 2.52. The molecular weight excluding hydrogens is 339 g/mol. The minimum Gasteiger partial charge on any atom is -0.428 e. The molecule has 6 nitrogen and oxygen atoms in total. The summed E-state index contributed by atoms with van der Waals surface area (Å²) in [5, 5.41) is 27.8. The Bertz CT molecular complexity index is 913. The van der Waals surface area contributed by atoms with Gasteiger partial charge < -0.3 is 20.0 Å². The van der Waals surface area contributed by atoms with E-state index in [2.05, 4.69) is 23.8 Å². The van der Waals surface area contributed by atoms with Gasteiger partial charge in [0.2, 0.25) is 0 Å². The van der Waals surface area contributed by atoms with Gasteiger partial charge in [0, 0.05) is 41.3 Å². The van der Waals surface area contributed by atoms with Crippen molar-refractivity contribution < 1.29 is 10.1 Å². The van der Waals surface area contributed by atoms with E-state index in [4.69, 9.17) is 5.10 Å². The van der Waals surface area contributed by atoms with Crippen LogP contribution < -0.4 is 5.46 Å². The zero-order valence-corrected chi connectivity index (χ0v) is 16.0. The van der Waals surface area contributed by atoms with Crippen molar-refractivity contribution in [1.29, 1.82) is 0 Å². The lowest BCUT2D eigenvalue weighted by Crippen LogP contribution is -2.54. The smallest absolute Gasteiger partial charge is 0.428 e. The van der Waals surface area contributed by atoms with Crippen molar-refractivity contribution >= 4 is 29.3 Å². The molecule has 5 rings (SSSR count). The number of nitrogens with zero attached hydrogens (tertiary/aromatic N) is 3. The van der Waals surface area contributed by atoms with Crippen LogP contribution >= 0.6 is 0 Å². The number of hydrogen-bond donors (Lipinski definition) is 3. The van der Waals surface area contributed by atoms with Gasteiger partial charge in [-0.05, 0) is 50.0 Å². The van der Waals surface area contributed by atoms with E-state index in [0.29, 0.717) is 24.3 Å². The van der Waals surface area contributed by atoms with Gasteiger partial charge in [-0.1, -0.05) is 13.8 Å². The van der Waals surface area contributed by atoms with Crippen molar-refractivity contribution in [3.63, 3.8) is 0 Å². The maximum atomic E-state index is 10.9. The van der Waals surface area contributed by atoms with Crippen LogP contribution in [0, 0.1) is 17.8 Å². The Morgan fingerprint density at radius 3 is 3.07 bits per heavy atom. The molecular formula is C20H27BN4O2. The Morgan fingerprint density at radius 1 is 1.41 bits per heavy atom. The maximum Gasteiger partial charge on any atom is 0.468 e. The van der Waals surface area contributed by atoms with Crippen LogP contribution in [0.25, 0.3) is 11.0 Å². The van der Waals surface area contributed by atoms with Crippen molar-refractivity contribution in [3.8, 4) is 0 Å². The predicted octanol–water partition coefficient (Wildman–Crippen LogP) is 1.87. The van der Waals surface area contributed by atoms with Crippen LogP contribution in [0.3, 0.4) is 0 Å². The van der Waals surface area contributed by atoms with Crippen molar-refractivity contribution in [3.05, 3.63) is 24.0 Å². The van der Waals surface area contributed by atoms with Gasteiger partial charge in [-0.25, -0.2) is 4.98 Å². The minimum absolute atomic E-state index is 0.305. The number of H-pyrrole nitrogens is 1. The topological polar surface area (TPSA) is 84.7 Å². The number of nitrogens with one attached hydrogen (secondary N) is 1. The van der Waals surface area contributed by atoms with Gasteiger partial charge in [0.1, 0.15) is 5.65 Å². The molecule has 0 radical (unpaired) electrons. The lowest BCUT2D eigenvalue weighted by atomic mass is 9.63. The molecule has 2 saturated carbocycles. The van der Waals surface area contributed by atoms with Crippen molar-refractivity contribution in [2.45, 2.75) is 51.6 Å². The highest BCUT2D eigenvalue weighted by atomic mass is 16.3. The molecule has 1 aliphatic heterocycles. The van der Waals surface area contributed by atoms with Gasteiger partial charge >= 0.3 is 7.05 Å². The molecule has 0 amide bonds. The number of fused-ring (bicyclic) bond motifs is 5. The number of hydrogen-bond acceptors (Lipinski definition) is 5. The number of aromatic amines is 1. The molecule has 3 aliphatic rings. The summed E-state index contributed by atoms with van der Waals surface area (Å²) in [4.78, 5) is 9.53. The molecule has 1 unspecified atom stereocenters. The van der Waals surface area contributed by atoms with Crippen LogP contribution in [0.2, 0.25) is 0 Å². The standard InChI is InChI=1S/C20H27BN4O2/c1-3-8-25-21(27)15-11-23-19-14(5-7-22-19)17(15)18(24-25)16-12(2)9-20(26)6-4-13(16)10-20/h5,7,11-13,16,26-27H,3-4,6,8-10H2,1-2H3,(H,22,23)/t12?,13-,16-,20+/m0/s1. The van der Waals surface area contributed by atoms with Crippen LogP contribution in [0.15, 0.2) is 23.6 Å². The fourth-order valence-electron chi connectivity index (χ4n) is 5.87. The molecule has 2 bridgehead atoms. The molecule has 0 spiro atoms. The summed E-state index contributed by atoms with van der Waals surface area (Å²) in [6, 6.07) is 2.04. The first-order valence-electron chi connectivity index (χ1n) is 10.2. The number of rotatable bonds is 3. The molecule has 3 heterocycles. The lowest BCUT2D eigenvalue weighted by Gasteiger charge is -2.42. The summed E-state index contributed by atoms with van der Waals surface area (Å²) >= 11 is 0. The van der Waals surface area contributed by atoms with E-state index < -0.39 is 12.7 Å². The Kier molecular flexibility index (Phi) is 3.88. The summed E-state index contributed by atoms with van der Waals surface area (Å²) < 4.78 is 0. The first kappa shape index (κ1) is 17.3. The third-order valence-electron chi connectivity index (χ3n) is 6.88. The first-order valence-corrected chi connectivity index (χ1v) is 10.2. The molecule has 2 aromatic heterocycles. The van der Waals surface area contributed by atoms with Crippen LogP contribution in [-0.4, -0.2) is 49.9 Å². The predicted molar refractivity (Wildman–Crippen MR) is 107 cm³/mol. The number of aliphatic hydroxyl groups is 1. The second-order valence-corrected chi connectivity index (χ2v) is 8.78. The number of aromatic nitrogens is 2.